The van der Waals surface area contributed by atoms with E-state index >= 15 is 0 Å². The average molecular weight is 770 g/mol. The summed E-state index contributed by atoms with van der Waals surface area (Å²) in [6.45, 7) is 4.98. The Hall–Kier alpha value is -7.27. The van der Waals surface area contributed by atoms with Crippen molar-refractivity contribution in [3.05, 3.63) is 200 Å². The Morgan fingerprint density at radius 3 is 1.27 bits per heavy atom. The van der Waals surface area contributed by atoms with Crippen molar-refractivity contribution in [2.75, 3.05) is 0 Å². The molecule has 0 spiro atoms. The van der Waals surface area contributed by atoms with E-state index in [2.05, 4.69) is 201 Å². The van der Waals surface area contributed by atoms with Crippen molar-refractivity contribution in [3.63, 3.8) is 0 Å². The van der Waals surface area contributed by atoms with E-state index in [1.807, 2.05) is 12.1 Å². The zero-order valence-electron chi connectivity index (χ0n) is 32.9. The fourth-order valence-corrected chi connectivity index (χ4v) is 12.3. The number of fused-ring (bicyclic) bond motifs is 5. The van der Waals surface area contributed by atoms with Crippen LogP contribution in [-0.4, -0.2) is 23.0 Å². The first-order valence-corrected chi connectivity index (χ1v) is 23.3. The highest BCUT2D eigenvalue weighted by Crippen LogP contribution is 2.44. The molecule has 0 fully saturated rings. The highest BCUT2D eigenvalue weighted by atomic mass is 28.3. The minimum Gasteiger partial charge on any atom is -0.208 e. The fourth-order valence-electron chi connectivity index (χ4n) is 9.22. The maximum atomic E-state index is 5.39. The molecule has 0 saturated carbocycles. The molecule has 0 atom stereocenters. The number of rotatable bonds is 6. The lowest BCUT2D eigenvalue weighted by Gasteiger charge is -2.21. The van der Waals surface area contributed by atoms with Gasteiger partial charge in [0.15, 0.2) is 17.5 Å². The van der Waals surface area contributed by atoms with Crippen molar-refractivity contribution in [2.45, 2.75) is 13.1 Å². The molecule has 0 N–H and O–H groups in total. The SMILES string of the molecule is C[Si]1(C)c2ccccc2-c2ccc(-c3c4ccccc4c(-c4nc(-c5cccc(-c6ccccc6)c5)nc(-c5cccc(-c6ccccc6)c5)n4)c4ccccc34)cc21. The molecule has 0 unspecified atom stereocenters. The molecule has 0 radical (unpaired) electrons. The van der Waals surface area contributed by atoms with E-state index in [1.165, 1.54) is 43.4 Å². The van der Waals surface area contributed by atoms with Crippen molar-refractivity contribution >= 4 is 40.0 Å². The summed E-state index contributed by atoms with van der Waals surface area (Å²) in [4.78, 5) is 16.0. The van der Waals surface area contributed by atoms with Crippen LogP contribution in [0, 0.1) is 0 Å². The smallest absolute Gasteiger partial charge is 0.165 e. The second kappa shape index (κ2) is 14.0. The van der Waals surface area contributed by atoms with Crippen LogP contribution in [-0.2, 0) is 0 Å². The molecule has 1 aliphatic heterocycles. The van der Waals surface area contributed by atoms with Gasteiger partial charge < -0.3 is 0 Å². The number of nitrogens with zero attached hydrogens (tertiary/aromatic N) is 3. The summed E-state index contributed by atoms with van der Waals surface area (Å²) in [6, 6.07) is 71.8. The molecule has 0 saturated heterocycles. The minimum absolute atomic E-state index is 0.635. The van der Waals surface area contributed by atoms with Gasteiger partial charge in [-0.3, -0.25) is 0 Å². The van der Waals surface area contributed by atoms with E-state index in [-0.39, 0.29) is 0 Å². The highest BCUT2D eigenvalue weighted by Gasteiger charge is 2.37. The van der Waals surface area contributed by atoms with Gasteiger partial charge in [0, 0.05) is 16.7 Å². The van der Waals surface area contributed by atoms with Gasteiger partial charge in [0.25, 0.3) is 0 Å². The zero-order valence-corrected chi connectivity index (χ0v) is 33.9. The van der Waals surface area contributed by atoms with Gasteiger partial charge in [0.2, 0.25) is 0 Å². The van der Waals surface area contributed by atoms with Gasteiger partial charge in [0.05, 0.1) is 0 Å². The molecule has 4 heteroatoms. The van der Waals surface area contributed by atoms with Gasteiger partial charge >= 0.3 is 0 Å². The second-order valence-electron chi connectivity index (χ2n) is 16.0. The maximum Gasteiger partial charge on any atom is 0.165 e. The lowest BCUT2D eigenvalue weighted by atomic mass is 9.87. The van der Waals surface area contributed by atoms with E-state index < -0.39 is 8.07 Å². The van der Waals surface area contributed by atoms with Crippen molar-refractivity contribution in [1.29, 1.82) is 0 Å². The van der Waals surface area contributed by atoms with Crippen LogP contribution in [0.4, 0.5) is 0 Å². The second-order valence-corrected chi connectivity index (χ2v) is 20.3. The van der Waals surface area contributed by atoms with Crippen molar-refractivity contribution < 1.29 is 0 Å². The molecular weight excluding hydrogens is 731 g/mol. The van der Waals surface area contributed by atoms with Crippen molar-refractivity contribution in [2.24, 2.45) is 0 Å². The molecule has 2 heterocycles. The zero-order chi connectivity index (χ0) is 39.5. The van der Waals surface area contributed by atoms with E-state index in [0.717, 1.165) is 49.7 Å². The van der Waals surface area contributed by atoms with Crippen LogP contribution in [0.25, 0.3) is 100 Å². The van der Waals surface area contributed by atoms with Crippen LogP contribution >= 0.6 is 0 Å². The van der Waals surface area contributed by atoms with Crippen molar-refractivity contribution in [1.82, 2.24) is 15.0 Å². The molecule has 1 aliphatic rings. The molecule has 10 aromatic rings. The third-order valence-electron chi connectivity index (χ3n) is 12.1. The van der Waals surface area contributed by atoms with Gasteiger partial charge in [-0.2, -0.15) is 0 Å². The summed E-state index contributed by atoms with van der Waals surface area (Å²) >= 11 is 0. The quantitative estimate of drug-likeness (QED) is 0.125. The van der Waals surface area contributed by atoms with Crippen LogP contribution in [0.1, 0.15) is 0 Å². The van der Waals surface area contributed by atoms with E-state index in [0.29, 0.717) is 17.5 Å². The van der Waals surface area contributed by atoms with Crippen LogP contribution in [0.15, 0.2) is 200 Å². The summed E-state index contributed by atoms with van der Waals surface area (Å²) in [5.41, 5.74) is 12.6. The normalized spacial score (nSPS) is 12.7. The van der Waals surface area contributed by atoms with E-state index in [9.17, 15) is 0 Å². The first-order chi connectivity index (χ1) is 29.0. The lowest BCUT2D eigenvalue weighted by molar-refractivity contribution is 1.08. The summed E-state index contributed by atoms with van der Waals surface area (Å²) in [5, 5.41) is 7.59. The topological polar surface area (TPSA) is 38.7 Å². The molecule has 278 valence electrons. The van der Waals surface area contributed by atoms with Gasteiger partial charge in [-0.05, 0) is 88.6 Å². The Bertz CT molecular complexity index is 3090. The predicted octanol–water partition coefficient (Wildman–Crippen LogP) is 13.0. The van der Waals surface area contributed by atoms with E-state index in [1.54, 1.807) is 0 Å². The Labute approximate surface area is 345 Å². The Morgan fingerprint density at radius 1 is 0.288 bits per heavy atom. The van der Waals surface area contributed by atoms with Crippen molar-refractivity contribution in [3.8, 4) is 78.7 Å². The number of hydrogen-bond donors (Lipinski definition) is 0. The highest BCUT2D eigenvalue weighted by molar-refractivity contribution is 7.03. The van der Waals surface area contributed by atoms with Crippen LogP contribution in [0.5, 0.6) is 0 Å². The largest absolute Gasteiger partial charge is 0.208 e. The predicted molar refractivity (Wildman–Crippen MR) is 250 cm³/mol. The fraction of sp³-hybridized carbons (Fsp3) is 0.0364. The molecule has 3 nitrogen and oxygen atoms in total. The Morgan fingerprint density at radius 2 is 0.712 bits per heavy atom. The number of hydrogen-bond acceptors (Lipinski definition) is 3. The molecule has 59 heavy (non-hydrogen) atoms. The summed E-state index contributed by atoms with van der Waals surface area (Å²) < 4.78 is 0. The van der Waals surface area contributed by atoms with Crippen LogP contribution in [0.2, 0.25) is 13.1 Å². The number of aromatic nitrogens is 3. The van der Waals surface area contributed by atoms with Crippen LogP contribution < -0.4 is 10.4 Å². The lowest BCUT2D eigenvalue weighted by Crippen LogP contribution is -2.49. The minimum atomic E-state index is -1.90. The molecule has 0 bridgehead atoms. The third kappa shape index (κ3) is 5.91. The van der Waals surface area contributed by atoms with Gasteiger partial charge in [0.1, 0.15) is 8.07 Å². The summed E-state index contributed by atoms with van der Waals surface area (Å²) in [7, 11) is -1.90. The van der Waals surface area contributed by atoms with Gasteiger partial charge in [-0.25, -0.2) is 15.0 Å². The Kier molecular flexibility index (Phi) is 8.28. The monoisotopic (exact) mass is 769 g/mol. The molecule has 0 amide bonds. The first-order valence-electron chi connectivity index (χ1n) is 20.3. The van der Waals surface area contributed by atoms with Gasteiger partial charge in [-0.1, -0.05) is 201 Å². The van der Waals surface area contributed by atoms with Crippen LogP contribution in [0.3, 0.4) is 0 Å². The third-order valence-corrected chi connectivity index (χ3v) is 15.7. The molecular formula is C55H39N3Si. The molecule has 11 rings (SSSR count). The maximum absolute atomic E-state index is 5.39. The first kappa shape index (κ1) is 34.9. The van der Waals surface area contributed by atoms with E-state index in [4.69, 9.17) is 15.0 Å². The molecule has 9 aromatic carbocycles. The molecule has 0 aliphatic carbocycles. The number of benzene rings is 9. The van der Waals surface area contributed by atoms with Gasteiger partial charge in [-0.15, -0.1) is 0 Å². The Balaban J connectivity index is 1.15. The molecule has 1 aromatic heterocycles. The summed E-state index contributed by atoms with van der Waals surface area (Å²) in [6.07, 6.45) is 0. The summed E-state index contributed by atoms with van der Waals surface area (Å²) in [5.74, 6) is 1.92. The standard InChI is InChI=1S/C55H39N3Si/c1-59(2)49-30-14-13-25-43(49)44-32-31-40(35-50(44)59)51-45-26-9-11-28-47(45)52(48-29-12-10-27-46(48)51)55-57-53(41-23-15-21-38(33-41)36-17-5-3-6-18-36)56-54(58-55)42-24-16-22-39(34-42)37-19-7-4-8-20-37/h3-35H,1-2H3. The average Bonchev–Trinajstić information content (AvgIpc) is 3.53.